The van der Waals surface area contributed by atoms with Crippen LogP contribution in [0.5, 0.6) is 23.0 Å². The first kappa shape index (κ1) is 27.0. The van der Waals surface area contributed by atoms with Crippen LogP contribution in [0.1, 0.15) is 73.1 Å². The summed E-state index contributed by atoms with van der Waals surface area (Å²) in [5, 5.41) is 24.5. The second-order valence-corrected chi connectivity index (χ2v) is 10.4. The Morgan fingerprint density at radius 1 is 1.13 bits per heavy atom. The van der Waals surface area contributed by atoms with Crippen molar-refractivity contribution < 1.29 is 34.1 Å². The molecule has 38 heavy (non-hydrogen) atoms. The van der Waals surface area contributed by atoms with Gasteiger partial charge in [-0.05, 0) is 57.7 Å². The Morgan fingerprint density at radius 3 is 2.45 bits per heavy atom. The topological polar surface area (TPSA) is 122 Å². The molecular formula is C30H33NO7. The third kappa shape index (κ3) is 4.14. The lowest BCUT2D eigenvalue weighted by Gasteiger charge is -2.29. The molecule has 8 heteroatoms. The molecule has 0 fully saturated rings. The zero-order chi connectivity index (χ0) is 28.1. The third-order valence-electron chi connectivity index (χ3n) is 7.30. The van der Waals surface area contributed by atoms with Crippen LogP contribution in [-0.4, -0.2) is 40.7 Å². The first-order valence-corrected chi connectivity index (χ1v) is 12.6. The van der Waals surface area contributed by atoms with Gasteiger partial charge in [0.2, 0.25) is 0 Å². The van der Waals surface area contributed by atoms with Crippen LogP contribution < -0.4 is 14.8 Å². The Morgan fingerprint density at radius 2 is 1.82 bits per heavy atom. The summed E-state index contributed by atoms with van der Waals surface area (Å²) in [6, 6.07) is 6.08. The largest absolute Gasteiger partial charge is 0.507 e. The standard InChI is InChI=1S/C30H33NO7/c1-14(2)19-9-8-15(3)12-21(19)37-11-10-31-17(5)23-20(33)13-22-30(7,29(23)36)25-27(35)16(4)26(34)24(18(6)32)28(25)38-22/h8-9,12-14,31,34-35H,10-11H2,1-7H3/t30-/m0/s1. The van der Waals surface area contributed by atoms with Crippen molar-refractivity contribution in [1.29, 1.82) is 0 Å². The van der Waals surface area contributed by atoms with Gasteiger partial charge in [0.15, 0.2) is 17.3 Å². The van der Waals surface area contributed by atoms with E-state index in [1.54, 1.807) is 13.8 Å². The highest BCUT2D eigenvalue weighted by molar-refractivity contribution is 6.31. The number of phenolic OH excluding ortho intramolecular Hbond substituents is 2. The number of rotatable bonds is 7. The summed E-state index contributed by atoms with van der Waals surface area (Å²) in [5.41, 5.74) is 0.919. The van der Waals surface area contributed by atoms with E-state index in [4.69, 9.17) is 9.47 Å². The minimum atomic E-state index is -1.54. The van der Waals surface area contributed by atoms with Crippen molar-refractivity contribution in [2.45, 2.75) is 59.8 Å². The average molecular weight is 520 g/mol. The molecule has 0 aromatic heterocycles. The van der Waals surface area contributed by atoms with E-state index in [0.717, 1.165) is 16.9 Å². The van der Waals surface area contributed by atoms with Crippen LogP contribution in [0.2, 0.25) is 0 Å². The lowest BCUT2D eigenvalue weighted by atomic mass is 9.70. The van der Waals surface area contributed by atoms with Gasteiger partial charge >= 0.3 is 0 Å². The van der Waals surface area contributed by atoms with Gasteiger partial charge in [-0.15, -0.1) is 0 Å². The number of hydrogen-bond donors (Lipinski definition) is 3. The van der Waals surface area contributed by atoms with E-state index in [0.29, 0.717) is 24.8 Å². The Kier molecular flexibility index (Phi) is 6.86. The van der Waals surface area contributed by atoms with Gasteiger partial charge < -0.3 is 25.0 Å². The number of fused-ring (bicyclic) bond motifs is 3. The Balaban J connectivity index is 1.63. The molecule has 2 aliphatic rings. The lowest BCUT2D eigenvalue weighted by Crippen LogP contribution is -2.41. The van der Waals surface area contributed by atoms with Gasteiger partial charge in [-0.3, -0.25) is 14.4 Å². The molecule has 200 valence electrons. The van der Waals surface area contributed by atoms with Crippen molar-refractivity contribution >= 4 is 17.3 Å². The van der Waals surface area contributed by atoms with Crippen LogP contribution in [0.4, 0.5) is 0 Å². The van der Waals surface area contributed by atoms with Gasteiger partial charge in [-0.2, -0.15) is 0 Å². The van der Waals surface area contributed by atoms with Gasteiger partial charge in [0.1, 0.15) is 46.3 Å². The van der Waals surface area contributed by atoms with Crippen molar-refractivity contribution in [3.63, 3.8) is 0 Å². The number of aryl methyl sites for hydroxylation is 1. The molecule has 1 atom stereocenters. The van der Waals surface area contributed by atoms with E-state index in [-0.39, 0.29) is 39.5 Å². The maximum absolute atomic E-state index is 13.9. The first-order valence-electron chi connectivity index (χ1n) is 12.6. The average Bonchev–Trinajstić information content (AvgIpc) is 3.13. The summed E-state index contributed by atoms with van der Waals surface area (Å²) in [6.45, 7) is 12.7. The molecule has 2 aromatic rings. The molecule has 1 heterocycles. The molecule has 0 bridgehead atoms. The lowest BCUT2D eigenvalue weighted by molar-refractivity contribution is -0.123. The van der Waals surface area contributed by atoms with Crippen LogP contribution >= 0.6 is 0 Å². The normalized spacial score (nSPS) is 19.5. The number of carbonyl (C=O) groups is 3. The Bertz CT molecular complexity index is 1450. The number of carbonyl (C=O) groups excluding carboxylic acids is 3. The second kappa shape index (κ2) is 9.67. The molecule has 1 aliphatic heterocycles. The van der Waals surface area contributed by atoms with Crippen LogP contribution in [0.15, 0.2) is 41.3 Å². The highest BCUT2D eigenvalue weighted by Gasteiger charge is 2.56. The van der Waals surface area contributed by atoms with Gasteiger partial charge in [-0.1, -0.05) is 26.0 Å². The molecule has 0 spiro atoms. The summed E-state index contributed by atoms with van der Waals surface area (Å²) in [7, 11) is 0. The fourth-order valence-corrected chi connectivity index (χ4v) is 5.09. The van der Waals surface area contributed by atoms with E-state index < -0.39 is 28.5 Å². The number of benzene rings is 2. The summed E-state index contributed by atoms with van der Waals surface area (Å²) >= 11 is 0. The number of ether oxygens (including phenoxy) is 2. The number of Topliss-reactive ketones (excluding diaryl/α,β-unsaturated/α-hetero) is 2. The fourth-order valence-electron chi connectivity index (χ4n) is 5.09. The van der Waals surface area contributed by atoms with Crippen LogP contribution in [0, 0.1) is 13.8 Å². The maximum atomic E-state index is 13.9. The SMILES string of the molecule is CC(=O)c1c(O)c(C)c(O)c2c1OC1=CC(=O)C(=C(C)NCCOc3cc(C)ccc3C(C)C)C(=O)[C@@]12C. The minimum Gasteiger partial charge on any atom is -0.507 e. The number of phenols is 2. The van der Waals surface area contributed by atoms with Crippen molar-refractivity contribution in [3.8, 4) is 23.0 Å². The first-order chi connectivity index (χ1) is 17.8. The van der Waals surface area contributed by atoms with Gasteiger partial charge in [0, 0.05) is 23.9 Å². The predicted octanol–water partition coefficient (Wildman–Crippen LogP) is 4.67. The van der Waals surface area contributed by atoms with Crippen molar-refractivity contribution in [3.05, 3.63) is 69.1 Å². The molecule has 1 aliphatic carbocycles. The van der Waals surface area contributed by atoms with Crippen molar-refractivity contribution in [1.82, 2.24) is 5.32 Å². The summed E-state index contributed by atoms with van der Waals surface area (Å²) in [4.78, 5) is 39.2. The minimum absolute atomic E-state index is 0.00541. The number of aromatic hydroxyl groups is 2. The highest BCUT2D eigenvalue weighted by atomic mass is 16.5. The zero-order valence-electron chi connectivity index (χ0n) is 22.7. The molecule has 0 amide bonds. The van der Waals surface area contributed by atoms with Crippen LogP contribution in [0.3, 0.4) is 0 Å². The molecule has 8 nitrogen and oxygen atoms in total. The van der Waals surface area contributed by atoms with E-state index in [2.05, 4.69) is 25.2 Å². The maximum Gasteiger partial charge on any atom is 0.194 e. The Hall–Kier alpha value is -4.07. The summed E-state index contributed by atoms with van der Waals surface area (Å²) in [5.74, 6) is -1.39. The molecule has 0 saturated carbocycles. The highest BCUT2D eigenvalue weighted by Crippen LogP contribution is 2.57. The smallest absolute Gasteiger partial charge is 0.194 e. The molecule has 0 saturated heterocycles. The number of nitrogens with one attached hydrogen (secondary N) is 1. The third-order valence-corrected chi connectivity index (χ3v) is 7.30. The molecule has 0 radical (unpaired) electrons. The van der Waals surface area contributed by atoms with E-state index in [1.165, 1.54) is 19.9 Å². The molecule has 4 rings (SSSR count). The predicted molar refractivity (Wildman–Crippen MR) is 142 cm³/mol. The van der Waals surface area contributed by atoms with Gasteiger partial charge in [-0.25, -0.2) is 0 Å². The summed E-state index contributed by atoms with van der Waals surface area (Å²) < 4.78 is 11.8. The number of allylic oxidation sites excluding steroid dienone is 4. The van der Waals surface area contributed by atoms with Gasteiger partial charge in [0.25, 0.3) is 0 Å². The van der Waals surface area contributed by atoms with Crippen LogP contribution in [0.25, 0.3) is 0 Å². The Labute approximate surface area is 222 Å². The molecular weight excluding hydrogens is 486 g/mol. The van der Waals surface area contributed by atoms with Crippen molar-refractivity contribution in [2.24, 2.45) is 0 Å². The quantitative estimate of drug-likeness (QED) is 0.209. The van der Waals surface area contributed by atoms with E-state index in [9.17, 15) is 24.6 Å². The van der Waals surface area contributed by atoms with Gasteiger partial charge in [0.05, 0.1) is 11.1 Å². The monoisotopic (exact) mass is 519 g/mol. The molecule has 0 unspecified atom stereocenters. The van der Waals surface area contributed by atoms with E-state index >= 15 is 0 Å². The van der Waals surface area contributed by atoms with Crippen LogP contribution in [-0.2, 0) is 15.0 Å². The number of ketones is 3. The molecule has 3 N–H and O–H groups in total. The molecule has 2 aromatic carbocycles. The van der Waals surface area contributed by atoms with Crippen molar-refractivity contribution in [2.75, 3.05) is 13.2 Å². The number of hydrogen-bond acceptors (Lipinski definition) is 8. The van der Waals surface area contributed by atoms with E-state index in [1.807, 2.05) is 19.1 Å². The zero-order valence-corrected chi connectivity index (χ0v) is 22.7. The second-order valence-electron chi connectivity index (χ2n) is 10.4. The summed E-state index contributed by atoms with van der Waals surface area (Å²) in [6.07, 6.45) is 1.20. The fraction of sp³-hybridized carbons (Fsp3) is 0.367.